The van der Waals surface area contributed by atoms with Crippen LogP contribution >= 0.6 is 0 Å². The summed E-state index contributed by atoms with van der Waals surface area (Å²) in [5.74, 6) is 0.104. The number of pyridine rings is 1. The van der Waals surface area contributed by atoms with E-state index in [0.29, 0.717) is 13.1 Å². The first-order valence-corrected chi connectivity index (χ1v) is 10.7. The second-order valence-corrected chi connectivity index (χ2v) is 9.54. The Hall–Kier alpha value is -1.96. The summed E-state index contributed by atoms with van der Waals surface area (Å²) in [4.78, 5) is 4.70. The van der Waals surface area contributed by atoms with E-state index in [0.717, 1.165) is 35.6 Å². The Morgan fingerprint density at radius 3 is 2.48 bits per heavy atom. The van der Waals surface area contributed by atoms with Crippen molar-refractivity contribution >= 4 is 21.6 Å². The molecule has 1 N–H and O–H groups in total. The number of aryl methyl sites for hydroxylation is 2. The maximum atomic E-state index is 12.5. The fourth-order valence-corrected chi connectivity index (χ4v) is 4.59. The number of rotatable bonds is 5. The zero-order valence-corrected chi connectivity index (χ0v) is 17.3. The fourth-order valence-electron chi connectivity index (χ4n) is 3.40. The van der Waals surface area contributed by atoms with Gasteiger partial charge in [-0.2, -0.15) is 17.0 Å². The van der Waals surface area contributed by atoms with Crippen molar-refractivity contribution in [3.63, 3.8) is 0 Å². The van der Waals surface area contributed by atoms with Gasteiger partial charge in [-0.05, 0) is 51.0 Å². The molecule has 1 aromatic heterocycles. The minimum atomic E-state index is -3.39. The highest BCUT2D eigenvalue weighted by molar-refractivity contribution is 7.86. The maximum absolute atomic E-state index is 12.5. The summed E-state index contributed by atoms with van der Waals surface area (Å²) in [6.07, 6.45) is 1.79. The molecular formula is C20H28N4O2S. The highest BCUT2D eigenvalue weighted by Crippen LogP contribution is 2.30. The fraction of sp³-hybridized carbons (Fsp3) is 0.450. The molecule has 1 atom stereocenters. The highest BCUT2D eigenvalue weighted by atomic mass is 32.2. The van der Waals surface area contributed by atoms with E-state index in [9.17, 15) is 8.42 Å². The molecule has 146 valence electrons. The Morgan fingerprint density at radius 2 is 1.81 bits per heavy atom. The van der Waals surface area contributed by atoms with Crippen molar-refractivity contribution in [3.8, 4) is 0 Å². The lowest BCUT2D eigenvalue weighted by atomic mass is 9.95. The minimum Gasteiger partial charge on any atom is -0.355 e. The monoisotopic (exact) mass is 388 g/mol. The van der Waals surface area contributed by atoms with Crippen LogP contribution in [0.5, 0.6) is 0 Å². The van der Waals surface area contributed by atoms with Crippen LogP contribution in [-0.4, -0.2) is 49.2 Å². The number of piperidine rings is 1. The molecule has 0 amide bonds. The predicted molar refractivity (Wildman–Crippen MR) is 110 cm³/mol. The van der Waals surface area contributed by atoms with E-state index in [2.05, 4.69) is 36.5 Å². The van der Waals surface area contributed by atoms with E-state index in [1.54, 1.807) is 18.4 Å². The van der Waals surface area contributed by atoms with E-state index in [1.165, 1.54) is 9.87 Å². The molecule has 2 heterocycles. The Kier molecular flexibility index (Phi) is 5.83. The van der Waals surface area contributed by atoms with Gasteiger partial charge >= 0.3 is 0 Å². The van der Waals surface area contributed by atoms with Crippen LogP contribution in [0.15, 0.2) is 36.4 Å². The molecule has 1 fully saturated rings. The second-order valence-electron chi connectivity index (χ2n) is 7.40. The van der Waals surface area contributed by atoms with E-state index in [1.807, 2.05) is 19.1 Å². The third kappa shape index (κ3) is 4.66. The van der Waals surface area contributed by atoms with Crippen molar-refractivity contribution in [2.75, 3.05) is 32.5 Å². The Bertz CT molecular complexity index is 895. The lowest BCUT2D eigenvalue weighted by molar-refractivity contribution is 0.296. The molecule has 1 aromatic carbocycles. The minimum absolute atomic E-state index is 0.104. The van der Waals surface area contributed by atoms with E-state index in [-0.39, 0.29) is 5.92 Å². The van der Waals surface area contributed by atoms with Gasteiger partial charge in [0.05, 0.1) is 0 Å². The molecular weight excluding hydrogens is 360 g/mol. The van der Waals surface area contributed by atoms with Crippen LogP contribution in [0.1, 0.15) is 35.7 Å². The molecule has 0 radical (unpaired) electrons. The lowest BCUT2D eigenvalue weighted by Crippen LogP contribution is -2.45. The smallest absolute Gasteiger partial charge is 0.281 e. The number of hydrogen-bond donors (Lipinski definition) is 1. The summed E-state index contributed by atoms with van der Waals surface area (Å²) in [7, 11) is -0.237. The maximum Gasteiger partial charge on any atom is 0.281 e. The van der Waals surface area contributed by atoms with Crippen molar-refractivity contribution in [2.24, 2.45) is 0 Å². The zero-order valence-electron chi connectivity index (χ0n) is 16.4. The van der Waals surface area contributed by atoms with Crippen molar-refractivity contribution in [2.45, 2.75) is 32.6 Å². The van der Waals surface area contributed by atoms with Crippen LogP contribution < -0.4 is 5.32 Å². The molecule has 0 spiro atoms. The predicted octanol–water partition coefficient (Wildman–Crippen LogP) is 3.43. The van der Waals surface area contributed by atoms with Gasteiger partial charge < -0.3 is 5.32 Å². The third-order valence-corrected chi connectivity index (χ3v) is 6.81. The molecule has 0 aliphatic carbocycles. The summed E-state index contributed by atoms with van der Waals surface area (Å²) in [5.41, 5.74) is 5.10. The number of hydrogen-bond acceptors (Lipinski definition) is 4. The standard InChI is InChI=1S/C20H28N4O2S/c1-15-7-9-18(10-8-15)22-19-12-16(2)21-20(13-19)17-6-5-11-24(14-17)27(25,26)23(3)4/h7-10,12-13,17H,5-6,11,14H2,1-4H3,(H,21,22)/t17-/m0/s1. The number of nitrogens with one attached hydrogen (secondary N) is 1. The number of anilines is 2. The van der Waals surface area contributed by atoms with Crippen LogP contribution in [0.4, 0.5) is 11.4 Å². The molecule has 7 heteroatoms. The first-order valence-electron chi connectivity index (χ1n) is 9.25. The molecule has 1 aliphatic heterocycles. The van der Waals surface area contributed by atoms with Crippen molar-refractivity contribution in [3.05, 3.63) is 53.3 Å². The number of benzene rings is 1. The second kappa shape index (κ2) is 7.96. The Balaban J connectivity index is 1.82. The average Bonchev–Trinajstić information content (AvgIpc) is 2.63. The molecule has 2 aromatic rings. The first kappa shape index (κ1) is 19.8. The topological polar surface area (TPSA) is 65.5 Å². The largest absolute Gasteiger partial charge is 0.355 e. The number of nitrogens with zero attached hydrogens (tertiary/aromatic N) is 3. The molecule has 0 saturated carbocycles. The Morgan fingerprint density at radius 1 is 1.11 bits per heavy atom. The summed E-state index contributed by atoms with van der Waals surface area (Å²) in [5, 5.41) is 3.43. The van der Waals surface area contributed by atoms with E-state index < -0.39 is 10.2 Å². The van der Waals surface area contributed by atoms with Crippen molar-refractivity contribution in [1.29, 1.82) is 0 Å². The average molecular weight is 389 g/mol. The van der Waals surface area contributed by atoms with Crippen LogP contribution in [-0.2, 0) is 10.2 Å². The first-order chi connectivity index (χ1) is 12.8. The summed E-state index contributed by atoms with van der Waals surface area (Å²) >= 11 is 0. The van der Waals surface area contributed by atoms with Crippen LogP contribution in [0, 0.1) is 13.8 Å². The Labute approximate surface area is 162 Å². The van der Waals surface area contributed by atoms with Crippen molar-refractivity contribution < 1.29 is 8.42 Å². The van der Waals surface area contributed by atoms with Crippen LogP contribution in [0.3, 0.4) is 0 Å². The van der Waals surface area contributed by atoms with Gasteiger partial charge in [-0.3, -0.25) is 4.98 Å². The summed E-state index contributed by atoms with van der Waals surface area (Å²) in [6.45, 7) is 5.08. The van der Waals surface area contributed by atoms with Gasteiger partial charge in [-0.1, -0.05) is 17.7 Å². The quantitative estimate of drug-likeness (QED) is 0.852. The van der Waals surface area contributed by atoms with Gasteiger partial charge in [0, 0.05) is 55.9 Å². The van der Waals surface area contributed by atoms with Gasteiger partial charge in [0.1, 0.15) is 0 Å². The van der Waals surface area contributed by atoms with Gasteiger partial charge in [0.2, 0.25) is 0 Å². The molecule has 0 unspecified atom stereocenters. The molecule has 1 aliphatic rings. The van der Waals surface area contributed by atoms with Crippen molar-refractivity contribution in [1.82, 2.24) is 13.6 Å². The third-order valence-electron chi connectivity index (χ3n) is 4.90. The summed E-state index contributed by atoms with van der Waals surface area (Å²) < 4.78 is 27.8. The highest BCUT2D eigenvalue weighted by Gasteiger charge is 2.31. The normalized spacial score (nSPS) is 18.6. The lowest BCUT2D eigenvalue weighted by Gasteiger charge is -2.33. The summed E-state index contributed by atoms with van der Waals surface area (Å²) in [6, 6.07) is 12.3. The SMILES string of the molecule is Cc1ccc(Nc2cc(C)nc([C@H]3CCCN(S(=O)(=O)N(C)C)C3)c2)cc1. The molecule has 3 rings (SSSR count). The molecule has 6 nitrogen and oxygen atoms in total. The molecule has 0 bridgehead atoms. The van der Waals surface area contributed by atoms with Crippen LogP contribution in [0.25, 0.3) is 0 Å². The number of aromatic nitrogens is 1. The van der Waals surface area contributed by atoms with Gasteiger partial charge in [0.15, 0.2) is 0 Å². The molecule has 27 heavy (non-hydrogen) atoms. The van der Waals surface area contributed by atoms with Crippen LogP contribution in [0.2, 0.25) is 0 Å². The van der Waals surface area contributed by atoms with Gasteiger partial charge in [-0.15, -0.1) is 0 Å². The van der Waals surface area contributed by atoms with Gasteiger partial charge in [-0.25, -0.2) is 0 Å². The molecule has 1 saturated heterocycles. The van der Waals surface area contributed by atoms with E-state index >= 15 is 0 Å². The van der Waals surface area contributed by atoms with Gasteiger partial charge in [0.25, 0.3) is 10.2 Å². The van der Waals surface area contributed by atoms with E-state index in [4.69, 9.17) is 4.98 Å². The zero-order chi connectivity index (χ0) is 19.6.